The van der Waals surface area contributed by atoms with Gasteiger partial charge in [0.25, 0.3) is 5.91 Å². The lowest BCUT2D eigenvalue weighted by atomic mass is 10.2. The zero-order valence-corrected chi connectivity index (χ0v) is 14.1. The maximum Gasteiger partial charge on any atom is 0.268 e. The van der Waals surface area contributed by atoms with E-state index in [1.807, 2.05) is 31.4 Å². The topological polar surface area (TPSA) is 95.3 Å². The van der Waals surface area contributed by atoms with Gasteiger partial charge in [-0.1, -0.05) is 0 Å². The van der Waals surface area contributed by atoms with Crippen molar-refractivity contribution in [3.05, 3.63) is 48.7 Å². The Morgan fingerprint density at radius 2 is 2.24 bits per heavy atom. The van der Waals surface area contributed by atoms with Crippen LogP contribution in [0, 0.1) is 0 Å². The van der Waals surface area contributed by atoms with E-state index in [2.05, 4.69) is 15.6 Å². The maximum absolute atomic E-state index is 11.0. The number of aliphatic hydroxyl groups is 1. The van der Waals surface area contributed by atoms with Gasteiger partial charge in [0.2, 0.25) is 0 Å². The number of amides is 1. The summed E-state index contributed by atoms with van der Waals surface area (Å²) < 4.78 is 9.49. The molecule has 0 aliphatic rings. The van der Waals surface area contributed by atoms with Crippen LogP contribution in [0.1, 0.15) is 23.3 Å². The first-order valence-corrected chi connectivity index (χ1v) is 8.20. The van der Waals surface area contributed by atoms with E-state index < -0.39 is 12.0 Å². The van der Waals surface area contributed by atoms with Crippen LogP contribution >= 0.6 is 0 Å². The van der Waals surface area contributed by atoms with Crippen LogP contribution in [0.25, 0.3) is 10.9 Å². The summed E-state index contributed by atoms with van der Waals surface area (Å²) in [5.74, 6) is 0.255. The van der Waals surface area contributed by atoms with E-state index in [-0.39, 0.29) is 5.69 Å². The zero-order valence-electron chi connectivity index (χ0n) is 14.1. The predicted octanol–water partition coefficient (Wildman–Crippen LogP) is 1.69. The minimum absolute atomic E-state index is 0.201. The molecule has 7 nitrogen and oxygen atoms in total. The van der Waals surface area contributed by atoms with Crippen molar-refractivity contribution < 1.29 is 14.6 Å². The molecule has 1 unspecified atom stereocenters. The van der Waals surface area contributed by atoms with Gasteiger partial charge in [0, 0.05) is 36.9 Å². The number of hydrogen-bond acceptors (Lipinski definition) is 4. The number of carbonyl (C=O) groups is 1. The summed E-state index contributed by atoms with van der Waals surface area (Å²) in [6, 6.07) is 8.06. The number of nitrogens with zero attached hydrogens (tertiary/aromatic N) is 3. The number of nitrogens with two attached hydrogens (primary N) is 1. The Hall–Kier alpha value is -2.80. The Labute approximate surface area is 145 Å². The van der Waals surface area contributed by atoms with Crippen molar-refractivity contribution in [1.29, 1.82) is 0 Å². The lowest BCUT2D eigenvalue weighted by Gasteiger charge is -2.12. The van der Waals surface area contributed by atoms with Gasteiger partial charge in [-0.15, -0.1) is 0 Å². The van der Waals surface area contributed by atoms with Gasteiger partial charge in [-0.05, 0) is 37.1 Å². The SMILES string of the molecule is Cn1ccc2cc(OCCCC(O)Cn3cnc(C(N)=O)c3)ccc21. The molecule has 0 saturated carbocycles. The van der Waals surface area contributed by atoms with E-state index in [1.54, 1.807) is 4.57 Å². The monoisotopic (exact) mass is 342 g/mol. The van der Waals surface area contributed by atoms with Crippen LogP contribution in [0.15, 0.2) is 43.0 Å². The van der Waals surface area contributed by atoms with Gasteiger partial charge in [-0.25, -0.2) is 4.98 Å². The van der Waals surface area contributed by atoms with Gasteiger partial charge >= 0.3 is 0 Å². The minimum Gasteiger partial charge on any atom is -0.494 e. The second kappa shape index (κ2) is 7.40. The molecule has 132 valence electrons. The van der Waals surface area contributed by atoms with Gasteiger partial charge < -0.3 is 24.7 Å². The third-order valence-electron chi connectivity index (χ3n) is 4.11. The summed E-state index contributed by atoms with van der Waals surface area (Å²) in [5, 5.41) is 11.2. The van der Waals surface area contributed by atoms with E-state index >= 15 is 0 Å². The van der Waals surface area contributed by atoms with Crippen LogP contribution in [-0.2, 0) is 13.6 Å². The number of aryl methyl sites for hydroxylation is 1. The first-order valence-electron chi connectivity index (χ1n) is 8.20. The molecule has 0 aliphatic heterocycles. The molecule has 25 heavy (non-hydrogen) atoms. The Balaban J connectivity index is 1.43. The van der Waals surface area contributed by atoms with Crippen LogP contribution in [0.4, 0.5) is 0 Å². The molecule has 3 N–H and O–H groups in total. The van der Waals surface area contributed by atoms with Gasteiger partial charge in [-0.3, -0.25) is 4.79 Å². The average molecular weight is 342 g/mol. The van der Waals surface area contributed by atoms with Crippen molar-refractivity contribution >= 4 is 16.8 Å². The van der Waals surface area contributed by atoms with E-state index in [9.17, 15) is 9.90 Å². The molecule has 3 aromatic rings. The van der Waals surface area contributed by atoms with Crippen molar-refractivity contribution in [1.82, 2.24) is 14.1 Å². The second-order valence-corrected chi connectivity index (χ2v) is 6.11. The van der Waals surface area contributed by atoms with Crippen molar-refractivity contribution in [2.45, 2.75) is 25.5 Å². The highest BCUT2D eigenvalue weighted by Crippen LogP contribution is 2.21. The normalized spacial score (nSPS) is 12.4. The van der Waals surface area contributed by atoms with E-state index in [0.717, 1.165) is 17.6 Å². The number of ether oxygens (including phenoxy) is 1. The summed E-state index contributed by atoms with van der Waals surface area (Å²) in [5.41, 5.74) is 6.52. The molecule has 1 aromatic carbocycles. The Morgan fingerprint density at radius 3 is 3.00 bits per heavy atom. The van der Waals surface area contributed by atoms with E-state index in [4.69, 9.17) is 10.5 Å². The molecule has 3 rings (SSSR count). The fourth-order valence-electron chi connectivity index (χ4n) is 2.78. The number of benzene rings is 1. The number of aliphatic hydroxyl groups excluding tert-OH is 1. The molecule has 0 aliphatic carbocycles. The van der Waals surface area contributed by atoms with Gasteiger partial charge in [0.1, 0.15) is 11.4 Å². The van der Waals surface area contributed by atoms with Crippen LogP contribution in [0.5, 0.6) is 5.75 Å². The van der Waals surface area contributed by atoms with Gasteiger partial charge in [-0.2, -0.15) is 0 Å². The minimum atomic E-state index is -0.572. The summed E-state index contributed by atoms with van der Waals surface area (Å²) in [4.78, 5) is 14.9. The number of rotatable bonds is 8. The second-order valence-electron chi connectivity index (χ2n) is 6.11. The largest absolute Gasteiger partial charge is 0.494 e. The molecule has 2 aromatic heterocycles. The molecular formula is C18H22N4O3. The lowest BCUT2D eigenvalue weighted by Crippen LogP contribution is -2.16. The van der Waals surface area contributed by atoms with Crippen LogP contribution in [0.3, 0.4) is 0 Å². The first kappa shape index (κ1) is 17.0. The molecule has 0 radical (unpaired) electrons. The smallest absolute Gasteiger partial charge is 0.268 e. The third-order valence-corrected chi connectivity index (χ3v) is 4.11. The van der Waals surface area contributed by atoms with Crippen molar-refractivity contribution in [2.75, 3.05) is 6.61 Å². The maximum atomic E-state index is 11.0. The number of hydrogen-bond donors (Lipinski definition) is 2. The first-order chi connectivity index (χ1) is 12.0. The van der Waals surface area contributed by atoms with Crippen LogP contribution in [-0.4, -0.2) is 37.8 Å². The number of primary amides is 1. The quantitative estimate of drug-likeness (QED) is 0.609. The standard InChI is InChI=1S/C18H22N4O3/c1-21-7-6-13-9-15(4-5-17(13)21)25-8-2-3-14(23)10-22-11-16(18(19)24)20-12-22/h4-7,9,11-12,14,23H,2-3,8,10H2,1H3,(H2,19,24). The molecule has 7 heteroatoms. The zero-order chi connectivity index (χ0) is 17.8. The summed E-state index contributed by atoms with van der Waals surface area (Å²) in [7, 11) is 2.01. The Kier molecular flexibility index (Phi) is 5.04. The molecule has 2 heterocycles. The van der Waals surface area contributed by atoms with Gasteiger partial charge in [0.05, 0.1) is 19.0 Å². The predicted molar refractivity (Wildman–Crippen MR) is 94.4 cm³/mol. The highest BCUT2D eigenvalue weighted by atomic mass is 16.5. The Bertz CT molecular complexity index is 868. The molecule has 0 spiro atoms. The van der Waals surface area contributed by atoms with Crippen LogP contribution in [0.2, 0.25) is 0 Å². The van der Waals surface area contributed by atoms with Gasteiger partial charge in [0.15, 0.2) is 0 Å². The summed E-state index contributed by atoms with van der Waals surface area (Å²) >= 11 is 0. The number of carbonyl (C=O) groups excluding carboxylic acids is 1. The number of aromatic nitrogens is 3. The molecule has 0 fully saturated rings. The van der Waals surface area contributed by atoms with Crippen LogP contribution < -0.4 is 10.5 Å². The molecular weight excluding hydrogens is 320 g/mol. The number of fused-ring (bicyclic) bond motifs is 1. The molecule has 1 amide bonds. The number of imidazole rings is 1. The lowest BCUT2D eigenvalue weighted by molar-refractivity contribution is 0.0995. The molecule has 1 atom stereocenters. The average Bonchev–Trinajstić information content (AvgIpc) is 3.19. The fourth-order valence-corrected chi connectivity index (χ4v) is 2.78. The van der Waals surface area contributed by atoms with E-state index in [1.165, 1.54) is 18.0 Å². The molecule has 0 bridgehead atoms. The third kappa shape index (κ3) is 4.19. The highest BCUT2D eigenvalue weighted by molar-refractivity contribution is 5.90. The van der Waals surface area contributed by atoms with Crippen molar-refractivity contribution in [3.8, 4) is 5.75 Å². The van der Waals surface area contributed by atoms with Crippen molar-refractivity contribution in [3.63, 3.8) is 0 Å². The van der Waals surface area contributed by atoms with E-state index in [0.29, 0.717) is 19.6 Å². The molecule has 0 saturated heterocycles. The fraction of sp³-hybridized carbons (Fsp3) is 0.333. The Morgan fingerprint density at radius 1 is 1.40 bits per heavy atom. The highest BCUT2D eigenvalue weighted by Gasteiger charge is 2.09. The summed E-state index contributed by atoms with van der Waals surface area (Å²) in [6.07, 6.45) is 5.84. The van der Waals surface area contributed by atoms with Crippen molar-refractivity contribution in [2.24, 2.45) is 12.8 Å². The summed E-state index contributed by atoms with van der Waals surface area (Å²) in [6.45, 7) is 0.905.